The fourth-order valence-electron chi connectivity index (χ4n) is 2.65. The van der Waals surface area contributed by atoms with Gasteiger partial charge in [-0.15, -0.1) is 12.4 Å². The monoisotopic (exact) mass is 290 g/mol. The number of rotatable bonds is 2. The minimum absolute atomic E-state index is 0. The van der Waals surface area contributed by atoms with E-state index >= 15 is 0 Å². The van der Waals surface area contributed by atoms with Crippen LogP contribution >= 0.6 is 12.4 Å². The fraction of sp³-hybridized carbons (Fsp3) is 0.250. The van der Waals surface area contributed by atoms with Crippen molar-refractivity contribution in [3.8, 4) is 0 Å². The number of nitrogens with one attached hydrogen (secondary N) is 1. The third-order valence-electron chi connectivity index (χ3n) is 3.34. The maximum absolute atomic E-state index is 10.0. The van der Waals surface area contributed by atoms with Crippen LogP contribution in [-0.4, -0.2) is 15.7 Å². The van der Waals surface area contributed by atoms with E-state index in [-0.39, 0.29) is 12.4 Å². The van der Waals surface area contributed by atoms with E-state index < -0.39 is 5.60 Å². The zero-order valence-corrected chi connectivity index (χ0v) is 12.4. The highest BCUT2D eigenvalue weighted by molar-refractivity contribution is 6.09. The SMILES string of the molecule is CC(C)(O)Cc1cc(N)cc2c1[nH]c1ccccc12.Cl. The molecule has 0 atom stereocenters. The summed E-state index contributed by atoms with van der Waals surface area (Å²) in [5, 5.41) is 12.3. The van der Waals surface area contributed by atoms with E-state index in [4.69, 9.17) is 5.73 Å². The number of halogens is 1. The summed E-state index contributed by atoms with van der Waals surface area (Å²) in [5.74, 6) is 0. The van der Waals surface area contributed by atoms with Gasteiger partial charge in [-0.25, -0.2) is 0 Å². The lowest BCUT2D eigenvalue weighted by Crippen LogP contribution is -2.22. The van der Waals surface area contributed by atoms with Crippen LogP contribution in [0.25, 0.3) is 21.8 Å². The van der Waals surface area contributed by atoms with Crippen LogP contribution in [0, 0.1) is 0 Å². The zero-order valence-electron chi connectivity index (χ0n) is 11.6. The maximum Gasteiger partial charge on any atom is 0.0632 e. The first-order chi connectivity index (χ1) is 8.94. The molecule has 0 unspecified atom stereocenters. The molecule has 4 N–H and O–H groups in total. The van der Waals surface area contributed by atoms with Crippen LogP contribution < -0.4 is 5.73 Å². The van der Waals surface area contributed by atoms with Crippen LogP contribution in [0.2, 0.25) is 0 Å². The Morgan fingerprint density at radius 1 is 1.15 bits per heavy atom. The number of benzene rings is 2. The van der Waals surface area contributed by atoms with Crippen molar-refractivity contribution in [3.05, 3.63) is 42.0 Å². The van der Waals surface area contributed by atoms with Crippen molar-refractivity contribution in [1.29, 1.82) is 0 Å². The Morgan fingerprint density at radius 2 is 1.85 bits per heavy atom. The molecule has 106 valence electrons. The average Bonchev–Trinajstić information content (AvgIpc) is 2.66. The van der Waals surface area contributed by atoms with Crippen LogP contribution in [0.15, 0.2) is 36.4 Å². The first-order valence-electron chi connectivity index (χ1n) is 6.45. The van der Waals surface area contributed by atoms with E-state index in [1.54, 1.807) is 0 Å². The van der Waals surface area contributed by atoms with Crippen LogP contribution in [-0.2, 0) is 6.42 Å². The summed E-state index contributed by atoms with van der Waals surface area (Å²) in [6, 6.07) is 12.1. The quantitative estimate of drug-likeness (QED) is 0.631. The van der Waals surface area contributed by atoms with Gasteiger partial charge in [-0.1, -0.05) is 18.2 Å². The number of nitrogens with two attached hydrogens (primary N) is 1. The van der Waals surface area contributed by atoms with Crippen molar-refractivity contribution in [2.24, 2.45) is 0 Å². The molecule has 0 bridgehead atoms. The third kappa shape index (κ3) is 2.60. The summed E-state index contributed by atoms with van der Waals surface area (Å²) in [6.45, 7) is 3.62. The molecule has 0 radical (unpaired) electrons. The predicted molar refractivity (Wildman–Crippen MR) is 87.5 cm³/mol. The topological polar surface area (TPSA) is 62.0 Å². The van der Waals surface area contributed by atoms with Gasteiger partial charge in [0.05, 0.1) is 5.60 Å². The molecule has 20 heavy (non-hydrogen) atoms. The third-order valence-corrected chi connectivity index (χ3v) is 3.34. The molecule has 1 heterocycles. The van der Waals surface area contributed by atoms with Crippen LogP contribution in [0.3, 0.4) is 0 Å². The molecule has 0 saturated heterocycles. The van der Waals surface area contributed by atoms with E-state index in [1.165, 1.54) is 5.39 Å². The van der Waals surface area contributed by atoms with Gasteiger partial charge in [-0.05, 0) is 37.6 Å². The summed E-state index contributed by atoms with van der Waals surface area (Å²) in [5.41, 5.74) is 9.20. The van der Waals surface area contributed by atoms with E-state index in [1.807, 2.05) is 38.1 Å². The number of anilines is 1. The van der Waals surface area contributed by atoms with E-state index in [9.17, 15) is 5.11 Å². The highest BCUT2D eigenvalue weighted by atomic mass is 35.5. The highest BCUT2D eigenvalue weighted by Gasteiger charge is 2.17. The Labute approximate surface area is 124 Å². The molecule has 2 aromatic carbocycles. The lowest BCUT2D eigenvalue weighted by atomic mass is 9.96. The predicted octanol–water partition coefficient (Wildman–Crippen LogP) is 3.64. The second-order valence-electron chi connectivity index (χ2n) is 5.76. The molecular weight excluding hydrogens is 272 g/mol. The molecule has 3 nitrogen and oxygen atoms in total. The Morgan fingerprint density at radius 3 is 2.55 bits per heavy atom. The first-order valence-corrected chi connectivity index (χ1v) is 6.45. The van der Waals surface area contributed by atoms with Gasteiger partial charge in [0.1, 0.15) is 0 Å². The van der Waals surface area contributed by atoms with Crippen LogP contribution in [0.4, 0.5) is 5.69 Å². The van der Waals surface area contributed by atoms with Gasteiger partial charge in [-0.2, -0.15) is 0 Å². The molecule has 0 aliphatic heterocycles. The second-order valence-corrected chi connectivity index (χ2v) is 5.76. The summed E-state index contributed by atoms with van der Waals surface area (Å²) in [7, 11) is 0. The molecule has 0 saturated carbocycles. The largest absolute Gasteiger partial charge is 0.399 e. The van der Waals surface area contributed by atoms with Crippen molar-refractivity contribution >= 4 is 39.9 Å². The zero-order chi connectivity index (χ0) is 13.6. The Bertz CT molecular complexity index is 756. The number of aromatic amines is 1. The minimum Gasteiger partial charge on any atom is -0.399 e. The molecule has 3 aromatic rings. The number of hydrogen-bond donors (Lipinski definition) is 3. The van der Waals surface area contributed by atoms with Gasteiger partial charge >= 0.3 is 0 Å². The average molecular weight is 291 g/mol. The van der Waals surface area contributed by atoms with Gasteiger partial charge in [-0.3, -0.25) is 0 Å². The molecule has 0 amide bonds. The van der Waals surface area contributed by atoms with Crippen LogP contribution in [0.1, 0.15) is 19.4 Å². The van der Waals surface area contributed by atoms with Crippen LogP contribution in [0.5, 0.6) is 0 Å². The molecule has 0 spiro atoms. The first kappa shape index (κ1) is 14.7. The van der Waals surface area contributed by atoms with E-state index in [2.05, 4.69) is 17.1 Å². The second kappa shape index (κ2) is 5.00. The lowest BCUT2D eigenvalue weighted by molar-refractivity contribution is 0.0813. The Hall–Kier alpha value is -1.71. The number of nitrogen functional groups attached to an aromatic ring is 1. The molecular formula is C16H19ClN2O. The number of H-pyrrole nitrogens is 1. The van der Waals surface area contributed by atoms with E-state index in [0.29, 0.717) is 6.42 Å². The van der Waals surface area contributed by atoms with Gasteiger partial charge in [0.25, 0.3) is 0 Å². The van der Waals surface area contributed by atoms with Crippen molar-refractivity contribution in [1.82, 2.24) is 4.98 Å². The van der Waals surface area contributed by atoms with Crippen molar-refractivity contribution in [2.75, 3.05) is 5.73 Å². The highest BCUT2D eigenvalue weighted by Crippen LogP contribution is 2.31. The van der Waals surface area contributed by atoms with Crippen molar-refractivity contribution < 1.29 is 5.11 Å². The fourth-order valence-corrected chi connectivity index (χ4v) is 2.65. The molecule has 4 heteroatoms. The summed E-state index contributed by atoms with van der Waals surface area (Å²) < 4.78 is 0. The number of para-hydroxylation sites is 1. The maximum atomic E-state index is 10.0. The Kier molecular flexibility index (Phi) is 3.67. The minimum atomic E-state index is -0.752. The number of aromatic nitrogens is 1. The summed E-state index contributed by atoms with van der Waals surface area (Å²) >= 11 is 0. The molecule has 0 aliphatic rings. The summed E-state index contributed by atoms with van der Waals surface area (Å²) in [4.78, 5) is 3.43. The van der Waals surface area contributed by atoms with Gasteiger partial charge in [0.2, 0.25) is 0 Å². The molecule has 0 fully saturated rings. The standard InChI is InChI=1S/C16H18N2O.ClH/c1-16(2,19)9-10-7-11(17)8-13-12-5-3-4-6-14(12)18-15(10)13;/h3-8,18-19H,9,17H2,1-2H3;1H. The van der Waals surface area contributed by atoms with E-state index in [0.717, 1.165) is 27.7 Å². The molecule has 3 rings (SSSR count). The van der Waals surface area contributed by atoms with Gasteiger partial charge in [0, 0.05) is 33.9 Å². The number of aliphatic hydroxyl groups is 1. The normalized spacial score (nSPS) is 11.8. The van der Waals surface area contributed by atoms with Crippen molar-refractivity contribution in [3.63, 3.8) is 0 Å². The molecule has 0 aliphatic carbocycles. The number of hydrogen-bond acceptors (Lipinski definition) is 2. The Balaban J connectivity index is 0.00000147. The number of fused-ring (bicyclic) bond motifs is 3. The smallest absolute Gasteiger partial charge is 0.0632 e. The van der Waals surface area contributed by atoms with Gasteiger partial charge in [0.15, 0.2) is 0 Å². The molecule has 1 aromatic heterocycles. The van der Waals surface area contributed by atoms with Crippen molar-refractivity contribution in [2.45, 2.75) is 25.9 Å². The van der Waals surface area contributed by atoms with Gasteiger partial charge < -0.3 is 15.8 Å². The lowest BCUT2D eigenvalue weighted by Gasteiger charge is -2.17. The summed E-state index contributed by atoms with van der Waals surface area (Å²) in [6.07, 6.45) is 0.571.